The number of rotatable bonds is 4. The van der Waals surface area contributed by atoms with E-state index in [4.69, 9.17) is 9.47 Å². The van der Waals surface area contributed by atoms with Crippen LogP contribution >= 0.6 is 0 Å². The first-order valence-electron chi connectivity index (χ1n) is 5.89. The SMILES string of the molecule is CCOC(=O)C1CC(=O)CC(C(=O)OCC)C1=O. The van der Waals surface area contributed by atoms with Gasteiger partial charge in [0.15, 0.2) is 5.78 Å². The molecule has 18 heavy (non-hydrogen) atoms. The molecule has 2 atom stereocenters. The van der Waals surface area contributed by atoms with Crippen LogP contribution in [0.4, 0.5) is 0 Å². The third kappa shape index (κ3) is 3.15. The van der Waals surface area contributed by atoms with Gasteiger partial charge >= 0.3 is 11.9 Å². The Morgan fingerprint density at radius 2 is 1.39 bits per heavy atom. The zero-order chi connectivity index (χ0) is 13.7. The van der Waals surface area contributed by atoms with E-state index in [9.17, 15) is 19.2 Å². The van der Waals surface area contributed by atoms with Gasteiger partial charge in [-0.15, -0.1) is 0 Å². The van der Waals surface area contributed by atoms with Crippen LogP contribution in [0.25, 0.3) is 0 Å². The molecule has 0 saturated heterocycles. The number of hydrogen-bond acceptors (Lipinski definition) is 6. The van der Waals surface area contributed by atoms with Gasteiger partial charge in [0.25, 0.3) is 0 Å². The molecule has 0 aromatic carbocycles. The van der Waals surface area contributed by atoms with E-state index in [1.165, 1.54) is 0 Å². The molecule has 1 fully saturated rings. The Kier molecular flexibility index (Phi) is 5.00. The quantitative estimate of drug-likeness (QED) is 0.530. The molecule has 0 heterocycles. The van der Waals surface area contributed by atoms with Crippen LogP contribution in [-0.2, 0) is 28.7 Å². The lowest BCUT2D eigenvalue weighted by molar-refractivity contribution is -0.162. The lowest BCUT2D eigenvalue weighted by Gasteiger charge is -2.24. The minimum atomic E-state index is -1.17. The van der Waals surface area contributed by atoms with Crippen LogP contribution in [0.15, 0.2) is 0 Å². The molecule has 100 valence electrons. The predicted molar refractivity (Wildman–Crippen MR) is 59.5 cm³/mol. The van der Waals surface area contributed by atoms with Crippen molar-refractivity contribution in [3.63, 3.8) is 0 Å². The summed E-state index contributed by atoms with van der Waals surface area (Å²) in [5.74, 6) is -4.70. The first kappa shape index (κ1) is 14.3. The van der Waals surface area contributed by atoms with Crippen molar-refractivity contribution in [1.82, 2.24) is 0 Å². The Balaban J connectivity index is 2.83. The smallest absolute Gasteiger partial charge is 0.316 e. The second kappa shape index (κ2) is 6.28. The number of ketones is 2. The zero-order valence-corrected chi connectivity index (χ0v) is 10.4. The highest BCUT2D eigenvalue weighted by Gasteiger charge is 2.44. The van der Waals surface area contributed by atoms with Crippen molar-refractivity contribution in [3.05, 3.63) is 0 Å². The van der Waals surface area contributed by atoms with Gasteiger partial charge in [-0.25, -0.2) is 0 Å². The van der Waals surface area contributed by atoms with E-state index in [0.29, 0.717) is 0 Å². The van der Waals surface area contributed by atoms with Gasteiger partial charge in [0.2, 0.25) is 0 Å². The maximum absolute atomic E-state index is 11.9. The molecule has 0 spiro atoms. The van der Waals surface area contributed by atoms with Crippen molar-refractivity contribution in [2.75, 3.05) is 13.2 Å². The average molecular weight is 256 g/mol. The summed E-state index contributed by atoms with van der Waals surface area (Å²) in [7, 11) is 0. The van der Waals surface area contributed by atoms with Crippen molar-refractivity contribution < 1.29 is 28.7 Å². The highest BCUT2D eigenvalue weighted by atomic mass is 16.5. The van der Waals surface area contributed by atoms with Gasteiger partial charge in [-0.2, -0.15) is 0 Å². The summed E-state index contributed by atoms with van der Waals surface area (Å²) in [5, 5.41) is 0. The minimum Gasteiger partial charge on any atom is -0.465 e. The Bertz CT molecular complexity index is 341. The summed E-state index contributed by atoms with van der Waals surface area (Å²) in [6.07, 6.45) is -0.374. The normalized spacial score (nSPS) is 23.7. The van der Waals surface area contributed by atoms with Crippen LogP contribution in [0.1, 0.15) is 26.7 Å². The van der Waals surface area contributed by atoms with Gasteiger partial charge in [-0.05, 0) is 13.8 Å². The molecule has 0 amide bonds. The van der Waals surface area contributed by atoms with Gasteiger partial charge in [0, 0.05) is 12.8 Å². The number of ether oxygens (including phenoxy) is 2. The fraction of sp³-hybridized carbons (Fsp3) is 0.667. The summed E-state index contributed by atoms with van der Waals surface area (Å²) >= 11 is 0. The standard InChI is InChI=1S/C12H16O6/c1-3-17-11(15)8-5-7(13)6-9(10(8)14)12(16)18-4-2/h8-9H,3-6H2,1-2H3. The van der Waals surface area contributed by atoms with Crippen LogP contribution in [-0.4, -0.2) is 36.7 Å². The van der Waals surface area contributed by atoms with Crippen LogP contribution in [0, 0.1) is 11.8 Å². The molecule has 1 saturated carbocycles. The van der Waals surface area contributed by atoms with Crippen molar-refractivity contribution in [2.45, 2.75) is 26.7 Å². The molecule has 1 rings (SSSR count). The number of hydrogen-bond donors (Lipinski definition) is 0. The molecule has 0 aliphatic heterocycles. The van der Waals surface area contributed by atoms with E-state index in [-0.39, 0.29) is 31.8 Å². The van der Waals surface area contributed by atoms with Gasteiger partial charge < -0.3 is 9.47 Å². The largest absolute Gasteiger partial charge is 0.465 e. The topological polar surface area (TPSA) is 86.7 Å². The molecule has 0 bridgehead atoms. The van der Waals surface area contributed by atoms with Crippen molar-refractivity contribution >= 4 is 23.5 Å². The molecule has 2 unspecified atom stereocenters. The lowest BCUT2D eigenvalue weighted by atomic mass is 9.79. The first-order chi connectivity index (χ1) is 8.51. The van der Waals surface area contributed by atoms with E-state index in [1.807, 2.05) is 0 Å². The van der Waals surface area contributed by atoms with Crippen LogP contribution in [0.5, 0.6) is 0 Å². The Hall–Kier alpha value is -1.72. The average Bonchev–Trinajstić information content (AvgIpc) is 2.32. The van der Waals surface area contributed by atoms with Gasteiger partial charge in [-0.3, -0.25) is 19.2 Å². The monoisotopic (exact) mass is 256 g/mol. The van der Waals surface area contributed by atoms with E-state index < -0.39 is 29.6 Å². The minimum absolute atomic E-state index is 0.126. The van der Waals surface area contributed by atoms with Crippen LogP contribution in [0.3, 0.4) is 0 Å². The molecule has 1 aliphatic rings. The van der Waals surface area contributed by atoms with E-state index >= 15 is 0 Å². The second-order valence-corrected chi connectivity index (χ2v) is 3.96. The summed E-state index contributed by atoms with van der Waals surface area (Å²) in [6.45, 7) is 3.47. The summed E-state index contributed by atoms with van der Waals surface area (Å²) < 4.78 is 9.45. The second-order valence-electron chi connectivity index (χ2n) is 3.96. The summed E-state index contributed by atoms with van der Waals surface area (Å²) in [6, 6.07) is 0. The van der Waals surface area contributed by atoms with Gasteiger partial charge in [0.05, 0.1) is 13.2 Å². The zero-order valence-electron chi connectivity index (χ0n) is 10.4. The number of Topliss-reactive ketones (excluding diaryl/α,β-unsaturated/α-hetero) is 2. The van der Waals surface area contributed by atoms with E-state index in [1.54, 1.807) is 13.8 Å². The molecule has 6 heteroatoms. The summed E-state index contributed by atoms with van der Waals surface area (Å²) in [4.78, 5) is 46.5. The lowest BCUT2D eigenvalue weighted by Crippen LogP contribution is -2.42. The van der Waals surface area contributed by atoms with E-state index in [2.05, 4.69) is 0 Å². The fourth-order valence-corrected chi connectivity index (χ4v) is 1.87. The highest BCUT2D eigenvalue weighted by molar-refractivity contribution is 6.14. The van der Waals surface area contributed by atoms with Crippen molar-refractivity contribution in [3.8, 4) is 0 Å². The molecule has 0 aromatic heterocycles. The molecule has 0 aromatic rings. The Morgan fingerprint density at radius 3 is 1.72 bits per heavy atom. The third-order valence-electron chi connectivity index (χ3n) is 2.69. The van der Waals surface area contributed by atoms with Gasteiger partial charge in [0.1, 0.15) is 17.6 Å². The maximum Gasteiger partial charge on any atom is 0.316 e. The number of esters is 2. The number of carbonyl (C=O) groups is 4. The van der Waals surface area contributed by atoms with Crippen LogP contribution in [0.2, 0.25) is 0 Å². The van der Waals surface area contributed by atoms with Crippen LogP contribution < -0.4 is 0 Å². The molecule has 0 N–H and O–H groups in total. The maximum atomic E-state index is 11.9. The fourth-order valence-electron chi connectivity index (χ4n) is 1.87. The molecule has 0 radical (unpaired) electrons. The Labute approximate surface area is 105 Å². The number of carbonyl (C=O) groups excluding carboxylic acids is 4. The Morgan fingerprint density at radius 1 is 1.00 bits per heavy atom. The molecular formula is C12H16O6. The predicted octanol–water partition coefficient (Wildman–Crippen LogP) is 0.277. The highest BCUT2D eigenvalue weighted by Crippen LogP contribution is 2.25. The van der Waals surface area contributed by atoms with Gasteiger partial charge in [-0.1, -0.05) is 0 Å². The van der Waals surface area contributed by atoms with E-state index in [0.717, 1.165) is 0 Å². The molecule has 6 nitrogen and oxygen atoms in total. The molecular weight excluding hydrogens is 240 g/mol. The molecule has 1 aliphatic carbocycles. The third-order valence-corrected chi connectivity index (χ3v) is 2.69. The van der Waals surface area contributed by atoms with Crippen molar-refractivity contribution in [2.24, 2.45) is 11.8 Å². The van der Waals surface area contributed by atoms with Crippen molar-refractivity contribution in [1.29, 1.82) is 0 Å². The first-order valence-corrected chi connectivity index (χ1v) is 5.89. The summed E-state index contributed by atoms with van der Waals surface area (Å²) in [5.41, 5.74) is 0.